The molecule has 0 saturated heterocycles. The summed E-state index contributed by atoms with van der Waals surface area (Å²) in [6, 6.07) is 8.66. The fourth-order valence-corrected chi connectivity index (χ4v) is 1.92. The van der Waals surface area contributed by atoms with Crippen LogP contribution in [0.5, 0.6) is 0 Å². The Kier molecular flexibility index (Phi) is 2.87. The van der Waals surface area contributed by atoms with Gasteiger partial charge in [0.2, 0.25) is 0 Å². The molecule has 14 heavy (non-hydrogen) atoms. The standard InChI is InChI=1S/C13H17N/c1-2-9-14-10-7-12-5-3-4-6-13(12)8-11-14/h3-7,10H,2,8-9,11H2,1H3. The largest absolute Gasteiger partial charge is 0.377 e. The van der Waals surface area contributed by atoms with Crippen molar-refractivity contribution in [1.82, 2.24) is 4.90 Å². The topological polar surface area (TPSA) is 3.24 Å². The van der Waals surface area contributed by atoms with Gasteiger partial charge in [-0.1, -0.05) is 31.2 Å². The summed E-state index contributed by atoms with van der Waals surface area (Å²) in [4.78, 5) is 2.40. The van der Waals surface area contributed by atoms with E-state index in [-0.39, 0.29) is 0 Å². The molecule has 0 spiro atoms. The predicted octanol–water partition coefficient (Wildman–Crippen LogP) is 2.93. The molecule has 1 aromatic rings. The van der Waals surface area contributed by atoms with Crippen molar-refractivity contribution in [2.24, 2.45) is 0 Å². The number of hydrogen-bond acceptors (Lipinski definition) is 1. The van der Waals surface area contributed by atoms with Crippen LogP contribution in [-0.2, 0) is 6.42 Å². The molecule has 0 fully saturated rings. The van der Waals surface area contributed by atoms with E-state index in [9.17, 15) is 0 Å². The average Bonchev–Trinajstić information content (AvgIpc) is 2.42. The van der Waals surface area contributed by atoms with Crippen LogP contribution in [0.15, 0.2) is 30.5 Å². The lowest BCUT2D eigenvalue weighted by Gasteiger charge is -2.17. The molecule has 0 atom stereocenters. The highest BCUT2D eigenvalue weighted by molar-refractivity contribution is 5.54. The van der Waals surface area contributed by atoms with E-state index in [2.05, 4.69) is 48.4 Å². The van der Waals surface area contributed by atoms with Crippen molar-refractivity contribution in [3.63, 3.8) is 0 Å². The maximum absolute atomic E-state index is 2.40. The highest BCUT2D eigenvalue weighted by Gasteiger charge is 2.06. The van der Waals surface area contributed by atoms with Crippen molar-refractivity contribution in [3.8, 4) is 0 Å². The molecular weight excluding hydrogens is 170 g/mol. The van der Waals surface area contributed by atoms with E-state index in [0.717, 1.165) is 6.54 Å². The molecule has 1 heterocycles. The first-order chi connectivity index (χ1) is 6.90. The Hall–Kier alpha value is -1.24. The second-order valence-electron chi connectivity index (χ2n) is 3.80. The van der Waals surface area contributed by atoms with Crippen molar-refractivity contribution >= 4 is 6.08 Å². The molecule has 1 aliphatic rings. The van der Waals surface area contributed by atoms with Gasteiger partial charge >= 0.3 is 0 Å². The summed E-state index contributed by atoms with van der Waals surface area (Å²) >= 11 is 0. The van der Waals surface area contributed by atoms with Gasteiger partial charge in [-0.05, 0) is 36.2 Å². The quantitative estimate of drug-likeness (QED) is 0.688. The lowest BCUT2D eigenvalue weighted by Crippen LogP contribution is -2.19. The molecule has 1 aromatic carbocycles. The van der Waals surface area contributed by atoms with E-state index < -0.39 is 0 Å². The van der Waals surface area contributed by atoms with Gasteiger partial charge in [-0.2, -0.15) is 0 Å². The van der Waals surface area contributed by atoms with E-state index in [1.807, 2.05) is 0 Å². The number of rotatable bonds is 2. The first-order valence-corrected chi connectivity index (χ1v) is 5.40. The summed E-state index contributed by atoms with van der Waals surface area (Å²) in [7, 11) is 0. The summed E-state index contributed by atoms with van der Waals surface area (Å²) in [5.41, 5.74) is 2.86. The van der Waals surface area contributed by atoms with Crippen LogP contribution in [0.1, 0.15) is 24.5 Å². The Morgan fingerprint density at radius 1 is 1.29 bits per heavy atom. The predicted molar refractivity (Wildman–Crippen MR) is 61.0 cm³/mol. The zero-order valence-electron chi connectivity index (χ0n) is 8.74. The van der Waals surface area contributed by atoms with Crippen LogP contribution in [-0.4, -0.2) is 18.0 Å². The monoisotopic (exact) mass is 187 g/mol. The molecule has 0 radical (unpaired) electrons. The SMILES string of the molecule is CCCN1C=Cc2ccccc2CC1. The molecule has 0 N–H and O–H groups in total. The minimum Gasteiger partial charge on any atom is -0.377 e. The van der Waals surface area contributed by atoms with Crippen LogP contribution in [0.2, 0.25) is 0 Å². The first-order valence-electron chi connectivity index (χ1n) is 5.40. The van der Waals surface area contributed by atoms with Crippen molar-refractivity contribution < 1.29 is 0 Å². The molecule has 0 unspecified atom stereocenters. The number of hydrogen-bond donors (Lipinski definition) is 0. The van der Waals surface area contributed by atoms with E-state index >= 15 is 0 Å². The maximum Gasteiger partial charge on any atom is 0.0213 e. The molecule has 2 rings (SSSR count). The Labute approximate surface area is 86.1 Å². The van der Waals surface area contributed by atoms with Crippen molar-refractivity contribution in [1.29, 1.82) is 0 Å². The molecule has 0 aromatic heterocycles. The third-order valence-corrected chi connectivity index (χ3v) is 2.70. The van der Waals surface area contributed by atoms with Crippen LogP contribution < -0.4 is 0 Å². The highest BCUT2D eigenvalue weighted by atomic mass is 15.1. The number of benzene rings is 1. The van der Waals surface area contributed by atoms with E-state index in [1.165, 1.54) is 30.5 Å². The molecule has 0 saturated carbocycles. The van der Waals surface area contributed by atoms with Crippen LogP contribution >= 0.6 is 0 Å². The zero-order valence-corrected chi connectivity index (χ0v) is 8.74. The summed E-state index contributed by atoms with van der Waals surface area (Å²) in [6.45, 7) is 4.55. The van der Waals surface area contributed by atoms with Crippen molar-refractivity contribution in [3.05, 3.63) is 41.6 Å². The van der Waals surface area contributed by atoms with E-state index in [1.54, 1.807) is 0 Å². The van der Waals surface area contributed by atoms with Gasteiger partial charge in [0.15, 0.2) is 0 Å². The smallest absolute Gasteiger partial charge is 0.0213 e. The molecule has 1 nitrogen and oxygen atoms in total. The van der Waals surface area contributed by atoms with Gasteiger partial charge in [0.25, 0.3) is 0 Å². The fourth-order valence-electron chi connectivity index (χ4n) is 1.92. The van der Waals surface area contributed by atoms with Gasteiger partial charge in [-0.15, -0.1) is 0 Å². The summed E-state index contributed by atoms with van der Waals surface area (Å²) < 4.78 is 0. The van der Waals surface area contributed by atoms with Crippen molar-refractivity contribution in [2.45, 2.75) is 19.8 Å². The first kappa shape index (κ1) is 9.32. The van der Waals surface area contributed by atoms with E-state index in [0.29, 0.717) is 0 Å². The van der Waals surface area contributed by atoms with Gasteiger partial charge in [0.1, 0.15) is 0 Å². The minimum absolute atomic E-state index is 1.15. The molecule has 0 bridgehead atoms. The van der Waals surface area contributed by atoms with Crippen LogP contribution in [0.25, 0.3) is 6.08 Å². The molecule has 1 heteroatoms. The van der Waals surface area contributed by atoms with Crippen molar-refractivity contribution in [2.75, 3.05) is 13.1 Å². The highest BCUT2D eigenvalue weighted by Crippen LogP contribution is 2.16. The fraction of sp³-hybridized carbons (Fsp3) is 0.385. The third-order valence-electron chi connectivity index (χ3n) is 2.70. The Bertz CT molecular complexity index is 328. The third kappa shape index (κ3) is 1.98. The molecular formula is C13H17N. The van der Waals surface area contributed by atoms with Crippen LogP contribution in [0.4, 0.5) is 0 Å². The maximum atomic E-state index is 2.40. The molecule has 0 amide bonds. The lowest BCUT2D eigenvalue weighted by atomic mass is 10.1. The lowest BCUT2D eigenvalue weighted by molar-refractivity contribution is 0.384. The van der Waals surface area contributed by atoms with Gasteiger partial charge in [-0.3, -0.25) is 0 Å². The normalized spacial score (nSPS) is 15.1. The average molecular weight is 187 g/mol. The summed E-state index contributed by atoms with van der Waals surface area (Å²) in [6.07, 6.45) is 6.86. The van der Waals surface area contributed by atoms with Gasteiger partial charge < -0.3 is 4.90 Å². The second kappa shape index (κ2) is 4.32. The minimum atomic E-state index is 1.15. The Morgan fingerprint density at radius 2 is 2.14 bits per heavy atom. The second-order valence-corrected chi connectivity index (χ2v) is 3.80. The molecule has 74 valence electrons. The van der Waals surface area contributed by atoms with Gasteiger partial charge in [0, 0.05) is 13.1 Å². The van der Waals surface area contributed by atoms with Gasteiger partial charge in [-0.25, -0.2) is 0 Å². The molecule has 0 aliphatic carbocycles. The summed E-state index contributed by atoms with van der Waals surface area (Å²) in [5, 5.41) is 0. The molecule has 1 aliphatic heterocycles. The van der Waals surface area contributed by atoms with Crippen LogP contribution in [0, 0.1) is 0 Å². The number of nitrogens with zero attached hydrogens (tertiary/aromatic N) is 1. The Morgan fingerprint density at radius 3 is 3.00 bits per heavy atom. The summed E-state index contributed by atoms with van der Waals surface area (Å²) in [5.74, 6) is 0. The van der Waals surface area contributed by atoms with E-state index in [4.69, 9.17) is 0 Å². The van der Waals surface area contributed by atoms with Crippen LogP contribution in [0.3, 0.4) is 0 Å². The zero-order chi connectivity index (χ0) is 9.80. The Balaban J connectivity index is 2.17. The number of fused-ring (bicyclic) bond motifs is 1. The van der Waals surface area contributed by atoms with Gasteiger partial charge in [0.05, 0.1) is 0 Å².